The molecule has 0 N–H and O–H groups in total. The zero-order valence-electron chi connectivity index (χ0n) is 10.6. The Morgan fingerprint density at radius 3 is 2.55 bits per heavy atom. The summed E-state index contributed by atoms with van der Waals surface area (Å²) in [6.07, 6.45) is 0. The molecule has 2 aromatic carbocycles. The standard InChI is InChI=1S/C15H11Br2FO2/c1-2-20-13-7-6-9(8-11(13)17)15(19)14-10(16)4-3-5-12(14)18/h3-8H,2H2,1H3. The second-order valence-corrected chi connectivity index (χ2v) is 5.71. The molecule has 0 amide bonds. The molecule has 2 nitrogen and oxygen atoms in total. The minimum atomic E-state index is -0.547. The lowest BCUT2D eigenvalue weighted by atomic mass is 10.0. The highest BCUT2D eigenvalue weighted by atomic mass is 79.9. The van der Waals surface area contributed by atoms with Crippen LogP contribution in [0.5, 0.6) is 5.75 Å². The summed E-state index contributed by atoms with van der Waals surface area (Å²) in [5, 5.41) is 0. The Morgan fingerprint density at radius 2 is 1.95 bits per heavy atom. The monoisotopic (exact) mass is 400 g/mol. The van der Waals surface area contributed by atoms with Crippen LogP contribution in [0.3, 0.4) is 0 Å². The van der Waals surface area contributed by atoms with Gasteiger partial charge in [0.15, 0.2) is 5.78 Å². The van der Waals surface area contributed by atoms with Crippen molar-refractivity contribution in [2.75, 3.05) is 6.61 Å². The molecule has 0 radical (unpaired) electrons. The third kappa shape index (κ3) is 3.10. The van der Waals surface area contributed by atoms with Crippen LogP contribution in [-0.4, -0.2) is 12.4 Å². The van der Waals surface area contributed by atoms with Crippen molar-refractivity contribution in [2.45, 2.75) is 6.92 Å². The van der Waals surface area contributed by atoms with Crippen LogP contribution in [0.15, 0.2) is 45.3 Å². The molecule has 2 rings (SSSR count). The van der Waals surface area contributed by atoms with E-state index in [0.29, 0.717) is 26.9 Å². The topological polar surface area (TPSA) is 26.3 Å². The molecule has 0 aliphatic heterocycles. The zero-order valence-corrected chi connectivity index (χ0v) is 13.8. The van der Waals surface area contributed by atoms with Crippen molar-refractivity contribution in [2.24, 2.45) is 0 Å². The highest BCUT2D eigenvalue weighted by Gasteiger charge is 2.18. The normalized spacial score (nSPS) is 10.4. The van der Waals surface area contributed by atoms with Gasteiger partial charge in [-0.05, 0) is 69.1 Å². The number of carbonyl (C=O) groups excluding carboxylic acids is 1. The van der Waals surface area contributed by atoms with E-state index in [1.54, 1.807) is 30.3 Å². The molecule has 0 saturated heterocycles. The SMILES string of the molecule is CCOc1ccc(C(=O)c2c(F)cccc2Br)cc1Br. The third-order valence-electron chi connectivity index (χ3n) is 2.68. The minimum Gasteiger partial charge on any atom is -0.493 e. The van der Waals surface area contributed by atoms with Crippen LogP contribution in [-0.2, 0) is 0 Å². The van der Waals surface area contributed by atoms with Crippen molar-refractivity contribution in [3.63, 3.8) is 0 Å². The second-order valence-electron chi connectivity index (χ2n) is 4.00. The molecule has 0 unspecified atom stereocenters. The average Bonchev–Trinajstić information content (AvgIpc) is 2.41. The number of ketones is 1. The molecule has 0 spiro atoms. The van der Waals surface area contributed by atoms with Crippen LogP contribution < -0.4 is 4.74 Å². The van der Waals surface area contributed by atoms with Gasteiger partial charge in [0.05, 0.1) is 16.6 Å². The van der Waals surface area contributed by atoms with Gasteiger partial charge < -0.3 is 4.74 Å². The lowest BCUT2D eigenvalue weighted by Gasteiger charge is -2.09. The molecule has 0 aliphatic carbocycles. The molecule has 0 atom stereocenters. The zero-order chi connectivity index (χ0) is 14.7. The van der Waals surface area contributed by atoms with Crippen molar-refractivity contribution in [3.8, 4) is 5.75 Å². The van der Waals surface area contributed by atoms with Gasteiger partial charge in [-0.3, -0.25) is 4.79 Å². The van der Waals surface area contributed by atoms with E-state index < -0.39 is 5.82 Å². The minimum absolute atomic E-state index is 0.0311. The van der Waals surface area contributed by atoms with E-state index in [-0.39, 0.29) is 11.3 Å². The second kappa shape index (κ2) is 6.50. The number of benzene rings is 2. The number of hydrogen-bond donors (Lipinski definition) is 0. The summed E-state index contributed by atoms with van der Waals surface area (Å²) in [5.41, 5.74) is 0.426. The molecule has 20 heavy (non-hydrogen) atoms. The fourth-order valence-electron chi connectivity index (χ4n) is 1.77. The van der Waals surface area contributed by atoms with Crippen LogP contribution >= 0.6 is 31.9 Å². The van der Waals surface area contributed by atoms with E-state index in [0.717, 1.165) is 0 Å². The summed E-state index contributed by atoms with van der Waals surface area (Å²) in [6.45, 7) is 2.41. The number of hydrogen-bond acceptors (Lipinski definition) is 2. The predicted octanol–water partition coefficient (Wildman–Crippen LogP) is 4.98. The molecule has 104 valence electrons. The predicted molar refractivity (Wildman–Crippen MR) is 82.8 cm³/mol. The quantitative estimate of drug-likeness (QED) is 0.675. The van der Waals surface area contributed by atoms with E-state index in [1.807, 2.05) is 6.92 Å². The fourth-order valence-corrected chi connectivity index (χ4v) is 2.79. The maximum atomic E-state index is 13.8. The lowest BCUT2D eigenvalue weighted by molar-refractivity contribution is 0.103. The summed E-state index contributed by atoms with van der Waals surface area (Å²) in [7, 11) is 0. The van der Waals surface area contributed by atoms with E-state index in [9.17, 15) is 9.18 Å². The molecule has 0 aromatic heterocycles. The molecule has 0 fully saturated rings. The first-order valence-corrected chi connectivity index (χ1v) is 7.54. The van der Waals surface area contributed by atoms with Crippen LogP contribution in [0.4, 0.5) is 4.39 Å². The fraction of sp³-hybridized carbons (Fsp3) is 0.133. The number of ether oxygens (including phenoxy) is 1. The van der Waals surface area contributed by atoms with Crippen molar-refractivity contribution in [1.29, 1.82) is 0 Å². The van der Waals surface area contributed by atoms with E-state index in [1.165, 1.54) is 6.07 Å². The van der Waals surface area contributed by atoms with Gasteiger partial charge in [0.1, 0.15) is 11.6 Å². The highest BCUT2D eigenvalue weighted by molar-refractivity contribution is 9.10. The van der Waals surface area contributed by atoms with Gasteiger partial charge in [-0.2, -0.15) is 0 Å². The number of rotatable bonds is 4. The van der Waals surface area contributed by atoms with E-state index in [2.05, 4.69) is 31.9 Å². The molecule has 0 saturated carbocycles. The average molecular weight is 402 g/mol. The first-order chi connectivity index (χ1) is 9.54. The first kappa shape index (κ1) is 15.2. The summed E-state index contributed by atoms with van der Waals surface area (Å²) in [6, 6.07) is 9.39. The molecule has 2 aromatic rings. The van der Waals surface area contributed by atoms with Crippen molar-refractivity contribution < 1.29 is 13.9 Å². The molecular weight excluding hydrogens is 391 g/mol. The molecule has 0 aliphatic rings. The van der Waals surface area contributed by atoms with Gasteiger partial charge >= 0.3 is 0 Å². The number of carbonyl (C=O) groups is 1. The first-order valence-electron chi connectivity index (χ1n) is 5.95. The summed E-state index contributed by atoms with van der Waals surface area (Å²) >= 11 is 6.55. The Kier molecular flexibility index (Phi) is 4.94. The van der Waals surface area contributed by atoms with Gasteiger partial charge in [0.25, 0.3) is 0 Å². The Balaban J connectivity index is 2.41. The Hall–Kier alpha value is -1.20. The van der Waals surface area contributed by atoms with Gasteiger partial charge in [-0.15, -0.1) is 0 Å². The summed E-state index contributed by atoms with van der Waals surface area (Å²) in [4.78, 5) is 12.4. The van der Waals surface area contributed by atoms with Crippen molar-refractivity contribution in [3.05, 3.63) is 62.3 Å². The van der Waals surface area contributed by atoms with Crippen molar-refractivity contribution in [1.82, 2.24) is 0 Å². The maximum Gasteiger partial charge on any atom is 0.197 e. The maximum absolute atomic E-state index is 13.8. The third-order valence-corrected chi connectivity index (χ3v) is 3.96. The molecule has 0 heterocycles. The molecule has 0 bridgehead atoms. The molecular formula is C15H11Br2FO2. The Bertz CT molecular complexity index is 636. The van der Waals surface area contributed by atoms with Crippen LogP contribution in [0.1, 0.15) is 22.8 Å². The molecule has 5 heteroatoms. The largest absolute Gasteiger partial charge is 0.493 e. The van der Waals surface area contributed by atoms with Gasteiger partial charge in [0, 0.05) is 10.0 Å². The number of halogens is 3. The summed E-state index contributed by atoms with van der Waals surface area (Å²) in [5.74, 6) is -0.273. The Labute approximate surface area is 133 Å². The summed E-state index contributed by atoms with van der Waals surface area (Å²) < 4.78 is 20.3. The highest BCUT2D eigenvalue weighted by Crippen LogP contribution is 2.29. The van der Waals surface area contributed by atoms with Crippen LogP contribution in [0.25, 0.3) is 0 Å². The van der Waals surface area contributed by atoms with Crippen molar-refractivity contribution >= 4 is 37.6 Å². The van der Waals surface area contributed by atoms with Gasteiger partial charge in [-0.1, -0.05) is 6.07 Å². The van der Waals surface area contributed by atoms with Gasteiger partial charge in [-0.25, -0.2) is 4.39 Å². The Morgan fingerprint density at radius 1 is 1.20 bits per heavy atom. The van der Waals surface area contributed by atoms with Crippen LogP contribution in [0.2, 0.25) is 0 Å². The van der Waals surface area contributed by atoms with Gasteiger partial charge in [0.2, 0.25) is 0 Å². The van der Waals surface area contributed by atoms with E-state index in [4.69, 9.17) is 4.74 Å². The van der Waals surface area contributed by atoms with E-state index >= 15 is 0 Å². The van der Waals surface area contributed by atoms with Crippen LogP contribution in [0, 0.1) is 5.82 Å². The smallest absolute Gasteiger partial charge is 0.197 e. The lowest BCUT2D eigenvalue weighted by Crippen LogP contribution is -2.06.